The summed E-state index contributed by atoms with van der Waals surface area (Å²) in [5.41, 5.74) is 0.381. The number of nitrogens with zero attached hydrogens (tertiary/aromatic N) is 3. The minimum Gasteiger partial charge on any atom is -0.374 e. The third kappa shape index (κ3) is 5.25. The van der Waals surface area contributed by atoms with Gasteiger partial charge in [0.25, 0.3) is 0 Å². The molecule has 7 nitrogen and oxygen atoms in total. The number of benzene rings is 1. The Hall–Kier alpha value is -2.98. The summed E-state index contributed by atoms with van der Waals surface area (Å²) >= 11 is 0. The quantitative estimate of drug-likeness (QED) is 0.582. The number of alkyl halides is 3. The van der Waals surface area contributed by atoms with Crippen LogP contribution in [0.15, 0.2) is 48.7 Å². The van der Waals surface area contributed by atoms with Gasteiger partial charge in [-0.3, -0.25) is 9.20 Å². The molecule has 2 N–H and O–H groups in total. The van der Waals surface area contributed by atoms with E-state index in [1.54, 1.807) is 0 Å². The molecule has 0 bridgehead atoms. The van der Waals surface area contributed by atoms with Crippen LogP contribution in [0.3, 0.4) is 0 Å². The largest absolute Gasteiger partial charge is 0.417 e. The number of aromatic nitrogens is 3. The summed E-state index contributed by atoms with van der Waals surface area (Å²) in [5.74, 6) is -0.212. The number of nitrogens with one attached hydrogen (secondary N) is 2. The molecule has 0 radical (unpaired) electrons. The van der Waals surface area contributed by atoms with Crippen molar-refractivity contribution in [2.45, 2.75) is 31.7 Å². The summed E-state index contributed by atoms with van der Waals surface area (Å²) in [6.07, 6.45) is -1.93. The average molecular weight is 447 g/mol. The van der Waals surface area contributed by atoms with E-state index in [0.29, 0.717) is 13.2 Å². The Morgan fingerprint density at radius 3 is 2.75 bits per heavy atom. The minimum absolute atomic E-state index is 0.0395. The summed E-state index contributed by atoms with van der Waals surface area (Å²) in [6, 6.07) is 10.9. The Balaban J connectivity index is 1.58. The molecule has 2 aromatic heterocycles. The highest BCUT2D eigenvalue weighted by molar-refractivity contribution is 5.79. The second kappa shape index (κ2) is 9.66. The van der Waals surface area contributed by atoms with Crippen molar-refractivity contribution < 1.29 is 22.7 Å². The van der Waals surface area contributed by atoms with Crippen LogP contribution in [0.2, 0.25) is 0 Å². The number of ether oxygens (including phenoxy) is 1. The molecule has 10 heteroatoms. The van der Waals surface area contributed by atoms with E-state index in [0.717, 1.165) is 37.2 Å². The van der Waals surface area contributed by atoms with Crippen molar-refractivity contribution in [3.63, 3.8) is 0 Å². The highest BCUT2D eigenvalue weighted by Crippen LogP contribution is 2.30. The minimum atomic E-state index is -4.51. The zero-order chi connectivity index (χ0) is 22.6. The third-order valence-electron chi connectivity index (χ3n) is 5.45. The number of carbonyl (C=O) groups excluding carboxylic acids is 1. The second-order valence-corrected chi connectivity index (χ2v) is 7.81. The first-order valence-electron chi connectivity index (χ1n) is 10.5. The zero-order valence-electron chi connectivity index (χ0n) is 17.3. The van der Waals surface area contributed by atoms with Gasteiger partial charge in [-0.1, -0.05) is 30.3 Å². The van der Waals surface area contributed by atoms with Crippen LogP contribution in [-0.4, -0.2) is 40.2 Å². The average Bonchev–Trinajstić information content (AvgIpc) is 3.22. The van der Waals surface area contributed by atoms with Crippen molar-refractivity contribution in [3.8, 4) is 0 Å². The number of fused-ring (bicyclic) bond motifs is 1. The fourth-order valence-electron chi connectivity index (χ4n) is 3.73. The molecule has 1 fully saturated rings. The van der Waals surface area contributed by atoms with Crippen molar-refractivity contribution >= 4 is 11.6 Å². The van der Waals surface area contributed by atoms with Crippen LogP contribution in [0, 0.1) is 5.92 Å². The predicted octanol–water partition coefficient (Wildman–Crippen LogP) is 3.12. The summed E-state index contributed by atoms with van der Waals surface area (Å²) < 4.78 is 46.8. The van der Waals surface area contributed by atoms with E-state index >= 15 is 0 Å². The highest BCUT2D eigenvalue weighted by Gasteiger charge is 2.32. The molecule has 170 valence electrons. The molecule has 1 aromatic carbocycles. The molecule has 32 heavy (non-hydrogen) atoms. The van der Waals surface area contributed by atoms with Gasteiger partial charge in [0, 0.05) is 12.7 Å². The van der Waals surface area contributed by atoms with E-state index in [2.05, 4.69) is 20.8 Å². The first-order chi connectivity index (χ1) is 15.4. The summed E-state index contributed by atoms with van der Waals surface area (Å²) in [4.78, 5) is 12.9. The van der Waals surface area contributed by atoms with E-state index in [-0.39, 0.29) is 29.9 Å². The van der Waals surface area contributed by atoms with Crippen molar-refractivity contribution in [3.05, 3.63) is 65.6 Å². The fraction of sp³-hybridized carbons (Fsp3) is 0.409. The normalized spacial score (nSPS) is 17.9. The third-order valence-corrected chi connectivity index (χ3v) is 5.45. The van der Waals surface area contributed by atoms with Gasteiger partial charge in [0.15, 0.2) is 11.5 Å². The Bertz CT molecular complexity index is 1050. The molecule has 1 saturated heterocycles. The van der Waals surface area contributed by atoms with Gasteiger partial charge in [-0.05, 0) is 37.1 Å². The van der Waals surface area contributed by atoms with Crippen LogP contribution in [0.5, 0.6) is 0 Å². The van der Waals surface area contributed by atoms with Crippen LogP contribution < -0.4 is 10.6 Å². The van der Waals surface area contributed by atoms with Gasteiger partial charge in [0.1, 0.15) is 6.04 Å². The van der Waals surface area contributed by atoms with Gasteiger partial charge >= 0.3 is 6.18 Å². The number of halogens is 3. The molecular formula is C22H24F3N5O2. The van der Waals surface area contributed by atoms with Gasteiger partial charge in [-0.25, -0.2) is 0 Å². The molecule has 1 aliphatic heterocycles. The van der Waals surface area contributed by atoms with Crippen LogP contribution in [0.25, 0.3) is 5.65 Å². The van der Waals surface area contributed by atoms with E-state index < -0.39 is 17.8 Å². The Morgan fingerprint density at radius 1 is 1.22 bits per heavy atom. The number of amides is 1. The number of piperidine rings is 1. The molecule has 3 aromatic rings. The lowest BCUT2D eigenvalue weighted by Crippen LogP contribution is -2.43. The van der Waals surface area contributed by atoms with Gasteiger partial charge in [-0.15, -0.1) is 10.2 Å². The van der Waals surface area contributed by atoms with Crippen molar-refractivity contribution in [2.24, 2.45) is 5.92 Å². The monoisotopic (exact) mass is 447 g/mol. The lowest BCUT2D eigenvalue weighted by atomic mass is 9.98. The van der Waals surface area contributed by atoms with Crippen molar-refractivity contribution in [2.75, 3.05) is 19.7 Å². The SMILES string of the molecule is O=C(N[C@H](COCc1ccccc1)c1nnc2ccc(C(F)(F)F)cn12)C1CCCNC1. The van der Waals surface area contributed by atoms with Gasteiger partial charge in [0.05, 0.1) is 24.7 Å². The molecule has 1 amide bonds. The van der Waals surface area contributed by atoms with E-state index in [1.165, 1.54) is 10.5 Å². The van der Waals surface area contributed by atoms with Crippen molar-refractivity contribution in [1.29, 1.82) is 0 Å². The van der Waals surface area contributed by atoms with Crippen LogP contribution in [0.1, 0.15) is 35.8 Å². The molecule has 0 saturated carbocycles. The summed E-state index contributed by atoms with van der Waals surface area (Å²) in [6.45, 7) is 1.76. The lowest BCUT2D eigenvalue weighted by molar-refractivity contribution is -0.138. The molecule has 4 rings (SSSR count). The lowest BCUT2D eigenvalue weighted by Gasteiger charge is -2.25. The Kier molecular flexibility index (Phi) is 6.71. The molecule has 1 unspecified atom stereocenters. The molecule has 0 spiro atoms. The van der Waals surface area contributed by atoms with Gasteiger partial charge in [0.2, 0.25) is 5.91 Å². The molecule has 0 aliphatic carbocycles. The fourth-order valence-corrected chi connectivity index (χ4v) is 3.73. The summed E-state index contributed by atoms with van der Waals surface area (Å²) in [5, 5.41) is 14.2. The topological polar surface area (TPSA) is 80.5 Å². The molecular weight excluding hydrogens is 423 g/mol. The van der Waals surface area contributed by atoms with Crippen LogP contribution >= 0.6 is 0 Å². The van der Waals surface area contributed by atoms with Gasteiger partial charge in [-0.2, -0.15) is 13.2 Å². The Morgan fingerprint density at radius 2 is 2.03 bits per heavy atom. The number of hydrogen-bond acceptors (Lipinski definition) is 5. The smallest absolute Gasteiger partial charge is 0.374 e. The number of pyridine rings is 1. The Labute approximate surface area is 183 Å². The van der Waals surface area contributed by atoms with E-state index in [1.807, 2.05) is 30.3 Å². The molecule has 3 heterocycles. The van der Waals surface area contributed by atoms with Crippen LogP contribution in [0.4, 0.5) is 13.2 Å². The standard InChI is InChI=1S/C22H24F3N5O2/c23-22(24,25)17-8-9-19-28-29-20(30(19)12-17)18(14-32-13-15-5-2-1-3-6-15)27-21(31)16-7-4-10-26-11-16/h1-3,5-6,8-9,12,16,18,26H,4,7,10-11,13-14H2,(H,27,31)/t16?,18-/m1/s1. The first-order valence-corrected chi connectivity index (χ1v) is 10.5. The first kappa shape index (κ1) is 22.2. The zero-order valence-corrected chi connectivity index (χ0v) is 17.3. The highest BCUT2D eigenvalue weighted by atomic mass is 19.4. The predicted molar refractivity (Wildman–Crippen MR) is 111 cm³/mol. The maximum atomic E-state index is 13.2. The van der Waals surface area contributed by atoms with Crippen molar-refractivity contribution in [1.82, 2.24) is 25.2 Å². The number of hydrogen-bond donors (Lipinski definition) is 2. The number of rotatable bonds is 7. The summed E-state index contributed by atoms with van der Waals surface area (Å²) in [7, 11) is 0. The molecule has 2 atom stereocenters. The van der Waals surface area contributed by atoms with Crippen LogP contribution in [-0.2, 0) is 22.3 Å². The van der Waals surface area contributed by atoms with E-state index in [9.17, 15) is 18.0 Å². The van der Waals surface area contributed by atoms with E-state index in [4.69, 9.17) is 4.74 Å². The number of carbonyl (C=O) groups is 1. The maximum Gasteiger partial charge on any atom is 0.417 e. The second-order valence-electron chi connectivity index (χ2n) is 7.81. The molecule has 1 aliphatic rings. The maximum absolute atomic E-state index is 13.2. The van der Waals surface area contributed by atoms with Gasteiger partial charge < -0.3 is 15.4 Å².